The zero-order chi connectivity index (χ0) is 16.6. The standard InChI is InChI=1S/C18H18N2O4/c1-9(21)19-7-6-10-2-3-11(8-12(10)19)20-17(22)15-13-4-5-14(24-13)16(15)18(20)23/h2-3,8,13-16H,4-7H2,1H3/t13-,14-,15-,16-/m0/s1. The molecule has 1 aromatic carbocycles. The van der Waals surface area contributed by atoms with E-state index in [1.165, 1.54) is 11.8 Å². The Hall–Kier alpha value is -2.21. The quantitative estimate of drug-likeness (QED) is 0.729. The lowest BCUT2D eigenvalue weighted by Gasteiger charge is -2.20. The van der Waals surface area contributed by atoms with Crippen LogP contribution in [0.3, 0.4) is 0 Å². The molecular formula is C18H18N2O4. The van der Waals surface area contributed by atoms with Gasteiger partial charge in [-0.05, 0) is 37.0 Å². The van der Waals surface area contributed by atoms with Crippen LogP contribution in [0.25, 0.3) is 0 Å². The number of carbonyl (C=O) groups excluding carboxylic acids is 3. The van der Waals surface area contributed by atoms with E-state index in [4.69, 9.17) is 4.74 Å². The number of anilines is 2. The van der Waals surface area contributed by atoms with Gasteiger partial charge < -0.3 is 9.64 Å². The highest BCUT2D eigenvalue weighted by Gasteiger charge is 2.62. The van der Waals surface area contributed by atoms with Crippen LogP contribution in [0.4, 0.5) is 11.4 Å². The molecule has 2 bridgehead atoms. The van der Waals surface area contributed by atoms with Crippen molar-refractivity contribution < 1.29 is 19.1 Å². The summed E-state index contributed by atoms with van der Waals surface area (Å²) in [6.07, 6.45) is 2.32. The van der Waals surface area contributed by atoms with Gasteiger partial charge in [0.1, 0.15) is 0 Å². The number of amides is 3. The molecule has 4 aliphatic heterocycles. The Morgan fingerprint density at radius 3 is 2.42 bits per heavy atom. The van der Waals surface area contributed by atoms with Crippen molar-refractivity contribution in [1.29, 1.82) is 0 Å². The average Bonchev–Trinajstić information content (AvgIpc) is 3.30. The molecule has 124 valence electrons. The number of ether oxygens (including phenoxy) is 1. The highest BCUT2D eigenvalue weighted by atomic mass is 16.5. The van der Waals surface area contributed by atoms with Crippen molar-refractivity contribution in [2.24, 2.45) is 11.8 Å². The summed E-state index contributed by atoms with van der Waals surface area (Å²) >= 11 is 0. The summed E-state index contributed by atoms with van der Waals surface area (Å²) in [5, 5.41) is 0. The Labute approximate surface area is 139 Å². The van der Waals surface area contributed by atoms with Gasteiger partial charge in [-0.3, -0.25) is 14.4 Å². The van der Waals surface area contributed by atoms with Crippen molar-refractivity contribution in [2.45, 2.75) is 38.4 Å². The van der Waals surface area contributed by atoms with Crippen LogP contribution in [0, 0.1) is 11.8 Å². The smallest absolute Gasteiger partial charge is 0.240 e. The molecule has 3 fully saturated rings. The van der Waals surface area contributed by atoms with Gasteiger partial charge >= 0.3 is 0 Å². The van der Waals surface area contributed by atoms with E-state index in [0.29, 0.717) is 12.2 Å². The van der Waals surface area contributed by atoms with Crippen molar-refractivity contribution in [1.82, 2.24) is 0 Å². The van der Waals surface area contributed by atoms with Crippen molar-refractivity contribution >= 4 is 29.1 Å². The minimum atomic E-state index is -0.326. The van der Waals surface area contributed by atoms with Gasteiger partial charge in [0.2, 0.25) is 17.7 Å². The first-order valence-electron chi connectivity index (χ1n) is 8.50. The lowest BCUT2D eigenvalue weighted by molar-refractivity contribution is -0.125. The molecule has 6 heteroatoms. The number of hydrogen-bond acceptors (Lipinski definition) is 4. The third kappa shape index (κ3) is 1.66. The van der Waals surface area contributed by atoms with Gasteiger partial charge in [-0.25, -0.2) is 4.90 Å². The Balaban J connectivity index is 1.54. The number of benzene rings is 1. The van der Waals surface area contributed by atoms with E-state index in [1.54, 1.807) is 4.90 Å². The fourth-order valence-electron chi connectivity index (χ4n) is 4.80. The van der Waals surface area contributed by atoms with E-state index in [0.717, 1.165) is 30.5 Å². The maximum absolute atomic E-state index is 12.8. The predicted molar refractivity (Wildman–Crippen MR) is 85.5 cm³/mol. The van der Waals surface area contributed by atoms with E-state index in [9.17, 15) is 14.4 Å². The van der Waals surface area contributed by atoms with Gasteiger partial charge in [-0.15, -0.1) is 0 Å². The van der Waals surface area contributed by atoms with Gasteiger partial charge in [0.15, 0.2) is 0 Å². The molecule has 0 aromatic heterocycles. The second kappa shape index (κ2) is 4.66. The van der Waals surface area contributed by atoms with E-state index in [2.05, 4.69) is 0 Å². The lowest BCUT2D eigenvalue weighted by Crippen LogP contribution is -2.34. The molecule has 0 N–H and O–H groups in total. The topological polar surface area (TPSA) is 66.9 Å². The molecule has 3 amide bonds. The largest absolute Gasteiger partial charge is 0.373 e. The van der Waals surface area contributed by atoms with Crippen LogP contribution in [-0.2, 0) is 25.5 Å². The number of fused-ring (bicyclic) bond motifs is 6. The van der Waals surface area contributed by atoms with Crippen molar-refractivity contribution in [3.8, 4) is 0 Å². The highest BCUT2D eigenvalue weighted by molar-refractivity contribution is 6.23. The Morgan fingerprint density at radius 2 is 1.79 bits per heavy atom. The van der Waals surface area contributed by atoms with E-state index < -0.39 is 0 Å². The van der Waals surface area contributed by atoms with E-state index in [1.807, 2.05) is 18.2 Å². The number of hydrogen-bond donors (Lipinski definition) is 0. The van der Waals surface area contributed by atoms with Crippen LogP contribution >= 0.6 is 0 Å². The Bertz CT molecular complexity index is 761. The first-order chi connectivity index (χ1) is 11.6. The second-order valence-corrected chi connectivity index (χ2v) is 7.09. The van der Waals surface area contributed by atoms with Crippen LogP contribution < -0.4 is 9.80 Å². The van der Waals surface area contributed by atoms with Gasteiger partial charge in [0.25, 0.3) is 0 Å². The summed E-state index contributed by atoms with van der Waals surface area (Å²) in [5.74, 6) is -0.968. The molecule has 0 spiro atoms. The molecule has 4 aliphatic rings. The third-order valence-electron chi connectivity index (χ3n) is 5.89. The summed E-state index contributed by atoms with van der Waals surface area (Å²) in [4.78, 5) is 40.5. The van der Waals surface area contributed by atoms with Crippen molar-refractivity contribution in [3.63, 3.8) is 0 Å². The molecule has 24 heavy (non-hydrogen) atoms. The molecule has 1 aromatic rings. The lowest BCUT2D eigenvalue weighted by atomic mass is 9.81. The molecule has 0 aliphatic carbocycles. The summed E-state index contributed by atoms with van der Waals surface area (Å²) in [7, 11) is 0. The van der Waals surface area contributed by atoms with Crippen LogP contribution in [0.15, 0.2) is 18.2 Å². The van der Waals surface area contributed by atoms with Gasteiger partial charge in [-0.2, -0.15) is 0 Å². The molecule has 6 nitrogen and oxygen atoms in total. The van der Waals surface area contributed by atoms with Crippen LogP contribution in [0.5, 0.6) is 0 Å². The van der Waals surface area contributed by atoms with Crippen LogP contribution in [0.1, 0.15) is 25.3 Å². The summed E-state index contributed by atoms with van der Waals surface area (Å²) in [6.45, 7) is 2.19. The summed E-state index contributed by atoms with van der Waals surface area (Å²) < 4.78 is 5.77. The molecule has 5 rings (SSSR count). The van der Waals surface area contributed by atoms with Crippen molar-refractivity contribution in [2.75, 3.05) is 16.3 Å². The number of carbonyl (C=O) groups is 3. The van der Waals surface area contributed by atoms with E-state index >= 15 is 0 Å². The summed E-state index contributed by atoms with van der Waals surface area (Å²) in [5.41, 5.74) is 2.47. The third-order valence-corrected chi connectivity index (χ3v) is 5.89. The van der Waals surface area contributed by atoms with Gasteiger partial charge in [0.05, 0.1) is 29.7 Å². The Kier molecular flexibility index (Phi) is 2.75. The fourth-order valence-corrected chi connectivity index (χ4v) is 4.80. The Morgan fingerprint density at radius 1 is 1.12 bits per heavy atom. The molecule has 0 radical (unpaired) electrons. The summed E-state index contributed by atoms with van der Waals surface area (Å²) in [6, 6.07) is 5.55. The normalized spacial score (nSPS) is 33.4. The molecule has 0 saturated carbocycles. The van der Waals surface area contributed by atoms with Crippen molar-refractivity contribution in [3.05, 3.63) is 23.8 Å². The zero-order valence-electron chi connectivity index (χ0n) is 13.4. The maximum Gasteiger partial charge on any atom is 0.240 e. The van der Waals surface area contributed by atoms with Crippen LogP contribution in [-0.4, -0.2) is 36.5 Å². The predicted octanol–water partition coefficient (Wildman–Crippen LogP) is 1.26. The second-order valence-electron chi connectivity index (χ2n) is 7.09. The minimum absolute atomic E-state index is 0.0201. The van der Waals surface area contributed by atoms with Gasteiger partial charge in [0, 0.05) is 19.2 Å². The molecule has 0 unspecified atom stereocenters. The molecule has 3 saturated heterocycles. The average molecular weight is 326 g/mol. The first kappa shape index (κ1) is 14.2. The monoisotopic (exact) mass is 326 g/mol. The van der Waals surface area contributed by atoms with Gasteiger partial charge in [-0.1, -0.05) is 6.07 Å². The molecular weight excluding hydrogens is 308 g/mol. The van der Waals surface area contributed by atoms with Crippen LogP contribution in [0.2, 0.25) is 0 Å². The number of imide groups is 1. The number of nitrogens with zero attached hydrogens (tertiary/aromatic N) is 2. The SMILES string of the molecule is CC(=O)N1CCc2ccc(N3C(=O)[C@@H]4[C@@H](C3=O)[C@@H]3CC[C@@H]4O3)cc21. The highest BCUT2D eigenvalue weighted by Crippen LogP contribution is 2.49. The van der Waals surface area contributed by atoms with E-state index in [-0.39, 0.29) is 41.8 Å². The zero-order valence-corrected chi connectivity index (χ0v) is 13.4. The fraction of sp³-hybridized carbons (Fsp3) is 0.500. The molecule has 4 heterocycles. The number of rotatable bonds is 1. The molecule has 4 atom stereocenters. The minimum Gasteiger partial charge on any atom is -0.373 e. The first-order valence-corrected chi connectivity index (χ1v) is 8.50. The maximum atomic E-state index is 12.8.